The van der Waals surface area contributed by atoms with E-state index in [0.717, 1.165) is 33.4 Å². The zero-order valence-electron chi connectivity index (χ0n) is 17.9. The number of fused-ring (bicyclic) bond motifs is 1. The van der Waals surface area contributed by atoms with Crippen LogP contribution in [0.1, 0.15) is 15.9 Å². The minimum atomic E-state index is -0.142. The monoisotopic (exact) mass is 451 g/mol. The first-order valence-electron chi connectivity index (χ1n) is 10.4. The standard InChI is InChI=1S/C26H21N5OS/c1-31-16-20(22-12-5-6-13-24(22)31)15-27-30-26-29-23(17-33-26)19-10-7-11-21(14-19)28-25(32)18-8-3-2-4-9-18/h2-17H,1H3,(H,28,32)(H,29,30)/b27-15+. The maximum Gasteiger partial charge on any atom is 0.255 e. The number of carbonyl (C=O) groups excluding carboxylic acids is 1. The van der Waals surface area contributed by atoms with Crippen LogP contribution in [0.25, 0.3) is 22.2 Å². The van der Waals surface area contributed by atoms with Crippen LogP contribution >= 0.6 is 11.3 Å². The number of aromatic nitrogens is 2. The van der Waals surface area contributed by atoms with E-state index >= 15 is 0 Å². The molecule has 0 saturated heterocycles. The van der Waals surface area contributed by atoms with Crippen LogP contribution in [0.4, 0.5) is 10.8 Å². The number of hydrogen-bond donors (Lipinski definition) is 2. The van der Waals surface area contributed by atoms with Gasteiger partial charge in [0.1, 0.15) is 0 Å². The molecule has 6 nitrogen and oxygen atoms in total. The second-order valence-electron chi connectivity index (χ2n) is 7.52. The summed E-state index contributed by atoms with van der Waals surface area (Å²) in [6, 6.07) is 25.0. The van der Waals surface area contributed by atoms with E-state index in [2.05, 4.69) is 43.7 Å². The summed E-state index contributed by atoms with van der Waals surface area (Å²) in [6.07, 6.45) is 3.86. The number of hydrogen-bond acceptors (Lipinski definition) is 5. The summed E-state index contributed by atoms with van der Waals surface area (Å²) in [5.74, 6) is -0.142. The molecule has 5 aromatic rings. The molecule has 0 aliphatic carbocycles. The molecule has 33 heavy (non-hydrogen) atoms. The Balaban J connectivity index is 1.28. The molecule has 2 N–H and O–H groups in total. The third-order valence-electron chi connectivity index (χ3n) is 5.25. The molecule has 7 heteroatoms. The Bertz CT molecular complexity index is 1450. The maximum atomic E-state index is 12.4. The quantitative estimate of drug-likeness (QED) is 0.246. The van der Waals surface area contributed by atoms with Gasteiger partial charge in [-0.2, -0.15) is 5.10 Å². The lowest BCUT2D eigenvalue weighted by Gasteiger charge is -2.06. The summed E-state index contributed by atoms with van der Waals surface area (Å²) in [7, 11) is 2.02. The Kier molecular flexibility index (Phi) is 5.70. The first kappa shape index (κ1) is 20.7. The highest BCUT2D eigenvalue weighted by Gasteiger charge is 2.09. The molecule has 1 amide bonds. The zero-order chi connectivity index (χ0) is 22.6. The molecule has 0 radical (unpaired) electrons. The van der Waals surface area contributed by atoms with Crippen molar-refractivity contribution in [2.75, 3.05) is 10.7 Å². The normalized spacial score (nSPS) is 11.2. The Morgan fingerprint density at radius 2 is 1.85 bits per heavy atom. The van der Waals surface area contributed by atoms with Crippen molar-refractivity contribution in [3.63, 3.8) is 0 Å². The van der Waals surface area contributed by atoms with Crippen LogP contribution in [-0.4, -0.2) is 21.7 Å². The highest BCUT2D eigenvalue weighted by atomic mass is 32.1. The lowest BCUT2D eigenvalue weighted by molar-refractivity contribution is 0.102. The van der Waals surface area contributed by atoms with Crippen molar-refractivity contribution in [1.29, 1.82) is 0 Å². The highest BCUT2D eigenvalue weighted by Crippen LogP contribution is 2.27. The summed E-state index contributed by atoms with van der Waals surface area (Å²) >= 11 is 1.48. The topological polar surface area (TPSA) is 71.3 Å². The number of nitrogens with zero attached hydrogens (tertiary/aromatic N) is 3. The fraction of sp³-hybridized carbons (Fsp3) is 0.0385. The number of nitrogens with one attached hydrogen (secondary N) is 2. The summed E-state index contributed by atoms with van der Waals surface area (Å²) in [5, 5.41) is 11.1. The average Bonchev–Trinajstić information content (AvgIpc) is 3.45. The average molecular weight is 452 g/mol. The van der Waals surface area contributed by atoms with Crippen molar-refractivity contribution in [2.45, 2.75) is 0 Å². The Morgan fingerprint density at radius 1 is 1.03 bits per heavy atom. The molecule has 0 fully saturated rings. The van der Waals surface area contributed by atoms with Gasteiger partial charge in [-0.25, -0.2) is 4.98 Å². The summed E-state index contributed by atoms with van der Waals surface area (Å²) < 4.78 is 2.09. The van der Waals surface area contributed by atoms with Gasteiger partial charge in [-0.3, -0.25) is 10.2 Å². The highest BCUT2D eigenvalue weighted by molar-refractivity contribution is 7.14. The third kappa shape index (κ3) is 4.53. The van der Waals surface area contributed by atoms with Gasteiger partial charge < -0.3 is 9.88 Å². The molecule has 5 rings (SSSR count). The van der Waals surface area contributed by atoms with Crippen molar-refractivity contribution in [1.82, 2.24) is 9.55 Å². The minimum absolute atomic E-state index is 0.142. The molecule has 0 aliphatic heterocycles. The number of aryl methyl sites for hydroxylation is 1. The van der Waals surface area contributed by atoms with E-state index in [4.69, 9.17) is 0 Å². The van der Waals surface area contributed by atoms with Gasteiger partial charge in [0.2, 0.25) is 5.13 Å². The second-order valence-corrected chi connectivity index (χ2v) is 8.38. The van der Waals surface area contributed by atoms with Crippen molar-refractivity contribution >= 4 is 45.2 Å². The fourth-order valence-corrected chi connectivity index (χ4v) is 4.31. The Hall–Kier alpha value is -4.23. The largest absolute Gasteiger partial charge is 0.350 e. The van der Waals surface area contributed by atoms with Crippen LogP contribution in [0.3, 0.4) is 0 Å². The van der Waals surface area contributed by atoms with Crippen LogP contribution < -0.4 is 10.7 Å². The van der Waals surface area contributed by atoms with Gasteiger partial charge in [-0.1, -0.05) is 48.5 Å². The molecule has 3 aromatic carbocycles. The van der Waals surface area contributed by atoms with Crippen LogP contribution in [0.15, 0.2) is 95.5 Å². The van der Waals surface area contributed by atoms with Crippen LogP contribution in [0.5, 0.6) is 0 Å². The lowest BCUT2D eigenvalue weighted by atomic mass is 10.1. The van der Waals surface area contributed by atoms with Gasteiger partial charge in [-0.05, 0) is 30.3 Å². The van der Waals surface area contributed by atoms with E-state index in [1.54, 1.807) is 12.1 Å². The lowest BCUT2D eigenvalue weighted by Crippen LogP contribution is -2.11. The number of amides is 1. The van der Waals surface area contributed by atoms with E-state index in [9.17, 15) is 4.79 Å². The van der Waals surface area contributed by atoms with Crippen molar-refractivity contribution < 1.29 is 4.79 Å². The van der Waals surface area contributed by atoms with Crippen molar-refractivity contribution in [2.24, 2.45) is 12.1 Å². The predicted molar refractivity (Wildman–Crippen MR) is 136 cm³/mol. The first-order chi connectivity index (χ1) is 16.2. The minimum Gasteiger partial charge on any atom is -0.350 e. The number of rotatable bonds is 6. The SMILES string of the molecule is Cn1cc(/C=N/Nc2nc(-c3cccc(NC(=O)c4ccccc4)c3)cs2)c2ccccc21. The van der Waals surface area contributed by atoms with Crippen LogP contribution in [0.2, 0.25) is 0 Å². The smallest absolute Gasteiger partial charge is 0.255 e. The van der Waals surface area contributed by atoms with Crippen LogP contribution in [-0.2, 0) is 7.05 Å². The number of carbonyl (C=O) groups is 1. The zero-order valence-corrected chi connectivity index (χ0v) is 18.7. The number of hydrazone groups is 1. The number of para-hydroxylation sites is 1. The third-order valence-corrected chi connectivity index (χ3v) is 5.99. The van der Waals surface area contributed by atoms with E-state index in [1.165, 1.54) is 11.3 Å². The number of thiazole rings is 1. The molecule has 0 saturated carbocycles. The fourth-order valence-electron chi connectivity index (χ4n) is 3.64. The van der Waals surface area contributed by atoms with Crippen LogP contribution in [0, 0.1) is 0 Å². The molecule has 2 aromatic heterocycles. The van der Waals surface area contributed by atoms with Gasteiger partial charge in [0, 0.05) is 51.9 Å². The predicted octanol–water partition coefficient (Wildman–Crippen LogP) is 6.00. The Labute approximate surface area is 195 Å². The summed E-state index contributed by atoms with van der Waals surface area (Å²) in [6.45, 7) is 0. The van der Waals surface area contributed by atoms with E-state index in [-0.39, 0.29) is 5.91 Å². The molecule has 0 spiro atoms. The maximum absolute atomic E-state index is 12.4. The number of anilines is 2. The molecule has 0 bridgehead atoms. The van der Waals surface area contributed by atoms with Crippen molar-refractivity contribution in [3.05, 3.63) is 102 Å². The molecule has 0 unspecified atom stereocenters. The van der Waals surface area contributed by atoms with E-state index in [1.807, 2.05) is 73.2 Å². The molecular formula is C26H21N5OS. The van der Waals surface area contributed by atoms with Gasteiger partial charge in [-0.15, -0.1) is 11.3 Å². The number of benzene rings is 3. The molecule has 2 heterocycles. The van der Waals surface area contributed by atoms with Gasteiger partial charge >= 0.3 is 0 Å². The molecular weight excluding hydrogens is 430 g/mol. The van der Waals surface area contributed by atoms with E-state index in [0.29, 0.717) is 10.7 Å². The summed E-state index contributed by atoms with van der Waals surface area (Å²) in [4.78, 5) is 17.1. The van der Waals surface area contributed by atoms with Gasteiger partial charge in [0.15, 0.2) is 0 Å². The van der Waals surface area contributed by atoms with Crippen molar-refractivity contribution in [3.8, 4) is 11.3 Å². The summed E-state index contributed by atoms with van der Waals surface area (Å²) in [5.41, 5.74) is 8.30. The molecule has 0 aliphatic rings. The second kappa shape index (κ2) is 9.10. The molecule has 0 atom stereocenters. The molecule has 162 valence electrons. The first-order valence-corrected chi connectivity index (χ1v) is 11.3. The van der Waals surface area contributed by atoms with Gasteiger partial charge in [0.05, 0.1) is 11.9 Å². The Morgan fingerprint density at radius 3 is 2.73 bits per heavy atom. The van der Waals surface area contributed by atoms with E-state index < -0.39 is 0 Å². The van der Waals surface area contributed by atoms with Gasteiger partial charge in [0.25, 0.3) is 5.91 Å².